The number of carboxylic acid groups (broad SMARTS) is 1. The molecule has 0 aromatic heterocycles. The summed E-state index contributed by atoms with van der Waals surface area (Å²) >= 11 is 0. The average Bonchev–Trinajstić information content (AvgIpc) is 1.37. The maximum atomic E-state index is 14.6. The minimum Gasteiger partial charge on any atom is -0.475 e. The number of ether oxygens (including phenoxy) is 13. The summed E-state index contributed by atoms with van der Waals surface area (Å²) in [4.78, 5) is 107. The van der Waals surface area contributed by atoms with Crippen LogP contribution in [-0.2, 0) is 66.4 Å². The van der Waals surface area contributed by atoms with E-state index in [9.17, 15) is 46.7 Å². The Kier molecular flexibility index (Phi) is 29.3. The fourth-order valence-corrected chi connectivity index (χ4v) is 12.1. The number of benzene rings is 7. The lowest BCUT2D eigenvalue weighted by Gasteiger charge is -2.48. The monoisotopic (exact) mass is 1560 g/mol. The van der Waals surface area contributed by atoms with Crippen LogP contribution in [0.2, 0.25) is 0 Å². The van der Waals surface area contributed by atoms with E-state index in [1.807, 2.05) is 0 Å². The summed E-state index contributed by atoms with van der Waals surface area (Å²) in [6.45, 7) is -1.61. The number of alkyl halides is 3. The van der Waals surface area contributed by atoms with Gasteiger partial charge in [0.15, 0.2) is 49.4 Å². The zero-order chi connectivity index (χ0) is 79.8. The topological polar surface area (TPSA) is 517 Å². The fraction of sp³-hybridized carbons (Fsp3) is 0.324. The van der Waals surface area contributed by atoms with Crippen LogP contribution < -0.4 is 71.6 Å². The molecule has 1 saturated carbocycles. The van der Waals surface area contributed by atoms with E-state index >= 15 is 0 Å². The molecule has 4 aliphatic rings. The van der Waals surface area contributed by atoms with Crippen LogP contribution in [0.4, 0.5) is 86.5 Å². The summed E-state index contributed by atoms with van der Waals surface area (Å²) in [5.41, 5.74) is 43.3. The number of anilines is 7. The lowest BCUT2D eigenvalue weighted by molar-refractivity contribution is -0.305. The van der Waals surface area contributed by atoms with Crippen molar-refractivity contribution in [2.45, 2.75) is 129 Å². The maximum Gasteiger partial charge on any atom is 0.490 e. The minimum absolute atomic E-state index is 0.186. The predicted octanol–water partition coefficient (Wildman–Crippen LogP) is 7.53. The molecule has 20 N–H and O–H groups in total. The first-order valence-electron chi connectivity index (χ1n) is 34.7. The number of hydrogen-bond donors (Lipinski definition) is 14. The zero-order valence-corrected chi connectivity index (χ0v) is 59.1. The van der Waals surface area contributed by atoms with Gasteiger partial charge in [0.1, 0.15) is 49.3 Å². The van der Waals surface area contributed by atoms with Gasteiger partial charge < -0.3 is 101 Å². The van der Waals surface area contributed by atoms with E-state index in [2.05, 4.69) is 37.2 Å². The Bertz CT molecular complexity index is 4200. The zero-order valence-electron chi connectivity index (χ0n) is 59.1. The first kappa shape index (κ1) is 82.7. The second-order valence-corrected chi connectivity index (χ2v) is 25.2. The number of aliphatic carboxylic acids is 1. The van der Waals surface area contributed by atoms with Gasteiger partial charge in [-0.15, -0.1) is 0 Å². The highest BCUT2D eigenvalue weighted by molar-refractivity contribution is 5.88. The van der Waals surface area contributed by atoms with Gasteiger partial charge in [0.25, 0.3) is 0 Å². The van der Waals surface area contributed by atoms with Gasteiger partial charge in [0, 0.05) is 65.0 Å². The average molecular weight is 1560 g/mol. The number of carbonyl (C=O) groups excluding carboxylic acids is 7. The molecule has 7 aromatic carbocycles. The summed E-state index contributed by atoms with van der Waals surface area (Å²) < 4.78 is 115. The molecule has 7 amide bonds. The van der Waals surface area contributed by atoms with Gasteiger partial charge in [-0.1, -0.05) is 127 Å². The van der Waals surface area contributed by atoms with E-state index < -0.39 is 191 Å². The number of nitrogens with one attached hydrogen (secondary N) is 7. The summed E-state index contributed by atoms with van der Waals surface area (Å²) in [5, 5.41) is 25.6. The second-order valence-electron chi connectivity index (χ2n) is 25.2. The van der Waals surface area contributed by atoms with Crippen LogP contribution in [0.5, 0.6) is 0 Å². The van der Waals surface area contributed by atoms with Gasteiger partial charge in [-0.05, 0) is 91.3 Å². The highest BCUT2D eigenvalue weighted by Crippen LogP contribution is 2.39. The van der Waals surface area contributed by atoms with E-state index in [-0.39, 0.29) is 12.1 Å². The van der Waals surface area contributed by atoms with E-state index in [1.54, 1.807) is 212 Å². The van der Waals surface area contributed by atoms with Gasteiger partial charge in [-0.3, -0.25) is 37.2 Å². The first-order valence-corrected chi connectivity index (χ1v) is 34.7. The SMILES string of the molecule is NC[C@@H]1O[C@H](O[C@H]2[C@@H](OC(=O)Nc3ccccc3)[C@H](O[C@@H]3[C@@H](OC(=O)Nc4ccccc4)[C@H](N)C[C@H](N)[C@H]3O[C@H]3O[C@H](CN)[C@@H](OC(=O)Nc4ccccc4)[C@H](OC(=O)Nc4ccccc4)[C@H]3N)O[C@@H]2COC(=O)Nc2ccccc2)[C@H](N)[C@@H](OC(=O)Nc2ccccc2)[C@@H]1OC(=O)Nc1ccccc1.O=C(O)C(F)(F)F. The van der Waals surface area contributed by atoms with Crippen molar-refractivity contribution in [3.63, 3.8) is 0 Å². The third kappa shape index (κ3) is 23.4. The molecule has 0 bridgehead atoms. The number of rotatable bonds is 23. The van der Waals surface area contributed by atoms with Gasteiger partial charge in [0.05, 0.1) is 12.1 Å². The molecular weight excluding hydrogens is 1480 g/mol. The lowest BCUT2D eigenvalue weighted by atomic mass is 9.84. The van der Waals surface area contributed by atoms with Gasteiger partial charge in [-0.25, -0.2) is 38.4 Å². The number of para-hydroxylation sites is 7. The molecule has 0 unspecified atom stereocenters. The predicted molar refractivity (Wildman–Crippen MR) is 392 cm³/mol. The number of nitrogens with two attached hydrogens (primary N) is 6. The normalized spacial score (nSPS) is 26.6. The number of carboxylic acids is 1. The molecule has 596 valence electrons. The van der Waals surface area contributed by atoms with Crippen molar-refractivity contribution in [2.24, 2.45) is 34.4 Å². The Labute approximate surface area is 636 Å². The molecule has 7 aromatic rings. The van der Waals surface area contributed by atoms with Crippen molar-refractivity contribution >= 4 is 88.4 Å². The Morgan fingerprint density at radius 2 is 0.589 bits per heavy atom. The molecule has 35 nitrogen and oxygen atoms in total. The molecule has 4 fully saturated rings. The summed E-state index contributed by atoms with van der Waals surface area (Å²) in [6, 6.07) is 52.0. The van der Waals surface area contributed by atoms with Crippen LogP contribution in [0.3, 0.4) is 0 Å². The van der Waals surface area contributed by atoms with E-state index in [1.165, 1.54) is 0 Å². The molecule has 3 heterocycles. The maximum absolute atomic E-state index is 14.6. The molecular formula is C74H82F3N13O22. The lowest BCUT2D eigenvalue weighted by Crippen LogP contribution is -2.69. The van der Waals surface area contributed by atoms with E-state index in [0.717, 1.165) is 0 Å². The van der Waals surface area contributed by atoms with Crippen molar-refractivity contribution < 1.29 is 118 Å². The minimum atomic E-state index is -5.08. The van der Waals surface area contributed by atoms with Crippen LogP contribution in [0.1, 0.15) is 6.42 Å². The third-order valence-electron chi connectivity index (χ3n) is 17.2. The van der Waals surface area contributed by atoms with Crippen molar-refractivity contribution in [3.8, 4) is 0 Å². The number of carbonyl (C=O) groups is 8. The van der Waals surface area contributed by atoms with E-state index in [0.29, 0.717) is 34.1 Å². The van der Waals surface area contributed by atoms with Crippen molar-refractivity contribution in [2.75, 3.05) is 56.9 Å². The Balaban J connectivity index is 0.00000181. The quantitative estimate of drug-likeness (QED) is 0.0275. The van der Waals surface area contributed by atoms with Crippen LogP contribution in [0.25, 0.3) is 0 Å². The summed E-state index contributed by atoms with van der Waals surface area (Å²) in [5.74, 6) is -2.76. The summed E-state index contributed by atoms with van der Waals surface area (Å²) in [7, 11) is 0. The molecule has 11 rings (SSSR count). The number of halogens is 3. The van der Waals surface area contributed by atoms with E-state index in [4.69, 9.17) is 106 Å². The Morgan fingerprint density at radius 1 is 0.339 bits per heavy atom. The Morgan fingerprint density at radius 3 is 0.893 bits per heavy atom. The highest BCUT2D eigenvalue weighted by Gasteiger charge is 2.59. The molecule has 1 aliphatic carbocycles. The second kappa shape index (κ2) is 39.7. The summed E-state index contributed by atoms with van der Waals surface area (Å²) in [6.07, 6.45) is -37.6. The fourth-order valence-electron chi connectivity index (χ4n) is 12.1. The van der Waals surface area contributed by atoms with Crippen LogP contribution in [0.15, 0.2) is 212 Å². The van der Waals surface area contributed by atoms with Crippen molar-refractivity contribution in [1.29, 1.82) is 0 Å². The van der Waals surface area contributed by atoms with Crippen molar-refractivity contribution in [3.05, 3.63) is 212 Å². The molecule has 0 radical (unpaired) electrons. The third-order valence-corrected chi connectivity index (χ3v) is 17.2. The van der Waals surface area contributed by atoms with Crippen LogP contribution in [-0.4, -0.2) is 196 Å². The molecule has 3 aliphatic heterocycles. The molecule has 3 saturated heterocycles. The molecule has 38 heteroatoms. The van der Waals surface area contributed by atoms with Crippen LogP contribution >= 0.6 is 0 Å². The standard InChI is InChI=1S/C72H81N13O20.C2HF3O2/c73-37-49-56(101-68(88)81-42-26-12-3-13-27-42)59(103-70(90)83-44-30-16-5-17-31-44)52(77)63(94-49)97-54-47(75)36-48(76)55(100-67(87)80-41-24-10-2-11-25-41)61(54)99-65-62(105-72(92)85-46-34-20-7-21-35-46)58(51(96-65)39-93-66(86)79-40-22-8-1-9-23-40)98-64-53(78)60(104-71(91)84-45-32-18-6-19-33-45)57(50(38-74)95-64)102-69(89)82-43-28-14-4-15-29-43;3-2(4,5)1(6)7/h1-35,47-65H,36-39,73-78H2,(H,79,86)(H,80,87)(H,81,88)(H,82,89)(H,83,90)(H,84,91)(H,85,92);(H,6,7)/t47-,48+,49+,50-,51+,52+,53+,54+,55-,56+,57+,58+,59+,60+,61-,62+,63+,64+,65-;/m0./s1. The smallest absolute Gasteiger partial charge is 0.475 e. The molecule has 19 atom stereocenters. The van der Waals surface area contributed by atoms with Gasteiger partial charge in [0.2, 0.25) is 0 Å². The highest BCUT2D eigenvalue weighted by atomic mass is 19.4. The van der Waals surface area contributed by atoms with Gasteiger partial charge >= 0.3 is 54.8 Å². The molecule has 112 heavy (non-hydrogen) atoms. The van der Waals surface area contributed by atoms with Gasteiger partial charge in [-0.2, -0.15) is 13.2 Å². The van der Waals surface area contributed by atoms with Crippen molar-refractivity contribution in [1.82, 2.24) is 0 Å². The molecule has 0 spiro atoms. The van der Waals surface area contributed by atoms with Crippen LogP contribution in [0, 0.1) is 0 Å². The largest absolute Gasteiger partial charge is 0.490 e. The Hall–Kier alpha value is -11.8. The number of hydrogen-bond acceptors (Lipinski definition) is 27. The number of amides is 7. The first-order chi connectivity index (χ1) is 53.9.